The number of halogens is 1. The van der Waals surface area contributed by atoms with Crippen LogP contribution in [0.3, 0.4) is 0 Å². The lowest BCUT2D eigenvalue weighted by atomic mass is 10.1. The smallest absolute Gasteiger partial charge is 0.232 e. The van der Waals surface area contributed by atoms with E-state index in [2.05, 4.69) is 0 Å². The number of ether oxygens (including phenoxy) is 2. The van der Waals surface area contributed by atoms with Gasteiger partial charge in [0.25, 0.3) is 0 Å². The minimum absolute atomic E-state index is 0.0217. The van der Waals surface area contributed by atoms with Crippen LogP contribution in [-0.4, -0.2) is 40.6 Å². The lowest BCUT2D eigenvalue weighted by molar-refractivity contribution is 0.0373. The molecule has 0 N–H and O–H groups in total. The Balaban J connectivity index is 2.19. The van der Waals surface area contributed by atoms with Crippen LogP contribution < -0.4 is 0 Å². The molecule has 1 rings (SSSR count). The topological polar surface area (TPSA) is 52.6 Å². The third-order valence-electron chi connectivity index (χ3n) is 2.61. The predicted molar refractivity (Wildman–Crippen MR) is 63.2 cm³/mol. The van der Waals surface area contributed by atoms with Crippen molar-refractivity contribution in [3.05, 3.63) is 0 Å². The number of hydrogen-bond acceptors (Lipinski definition) is 4. The summed E-state index contributed by atoms with van der Waals surface area (Å²) in [7, 11) is 1.84. The van der Waals surface area contributed by atoms with Gasteiger partial charge in [-0.05, 0) is 25.7 Å². The minimum atomic E-state index is -3.41. The maximum atomic E-state index is 11.0. The monoisotopic (exact) mass is 270 g/mol. The molecule has 96 valence electrons. The van der Waals surface area contributed by atoms with E-state index in [0.29, 0.717) is 32.3 Å². The predicted octanol–water partition coefficient (Wildman–Crippen LogP) is 1.63. The normalized spacial score (nSPS) is 18.6. The first kappa shape index (κ1) is 14.2. The maximum absolute atomic E-state index is 11.0. The molecule has 1 fully saturated rings. The first-order valence-electron chi connectivity index (χ1n) is 5.60. The van der Waals surface area contributed by atoms with Gasteiger partial charge in [0.15, 0.2) is 0 Å². The average Bonchev–Trinajstić information content (AvgIpc) is 2.97. The first-order valence-corrected chi connectivity index (χ1v) is 8.08. The molecule has 0 aromatic rings. The summed E-state index contributed by atoms with van der Waals surface area (Å²) in [6.45, 7) is 4.13. The van der Waals surface area contributed by atoms with E-state index in [1.165, 1.54) is 0 Å². The fourth-order valence-electron chi connectivity index (χ4n) is 1.64. The van der Waals surface area contributed by atoms with Crippen molar-refractivity contribution in [1.82, 2.24) is 0 Å². The second kappa shape index (κ2) is 6.79. The second-order valence-corrected chi connectivity index (χ2v) is 6.90. The highest BCUT2D eigenvalue weighted by Crippen LogP contribution is 2.38. The average molecular weight is 271 g/mol. The Labute approximate surface area is 102 Å². The van der Waals surface area contributed by atoms with E-state index in [9.17, 15) is 8.42 Å². The SMILES string of the molecule is CCOCCOCC(CS(=O)(=O)Cl)C1CC1. The Morgan fingerprint density at radius 2 is 1.94 bits per heavy atom. The quantitative estimate of drug-likeness (QED) is 0.472. The van der Waals surface area contributed by atoms with Crippen LogP contribution in [0.5, 0.6) is 0 Å². The largest absolute Gasteiger partial charge is 0.379 e. The molecule has 1 aliphatic rings. The van der Waals surface area contributed by atoms with Crippen molar-refractivity contribution in [3.63, 3.8) is 0 Å². The van der Waals surface area contributed by atoms with E-state index in [-0.39, 0.29) is 11.7 Å². The molecule has 0 aromatic carbocycles. The molecule has 1 saturated carbocycles. The lowest BCUT2D eigenvalue weighted by Crippen LogP contribution is -2.21. The van der Waals surface area contributed by atoms with Gasteiger partial charge >= 0.3 is 0 Å². The number of hydrogen-bond donors (Lipinski definition) is 0. The van der Waals surface area contributed by atoms with Crippen LogP contribution in [0.4, 0.5) is 0 Å². The molecule has 1 unspecified atom stereocenters. The zero-order valence-electron chi connectivity index (χ0n) is 9.52. The van der Waals surface area contributed by atoms with Gasteiger partial charge in [0.2, 0.25) is 9.05 Å². The second-order valence-electron chi connectivity index (χ2n) is 4.07. The molecule has 0 aromatic heterocycles. The Bertz CT molecular complexity index is 287. The van der Waals surface area contributed by atoms with Crippen molar-refractivity contribution in [1.29, 1.82) is 0 Å². The van der Waals surface area contributed by atoms with Crippen molar-refractivity contribution in [2.45, 2.75) is 19.8 Å². The molecule has 1 aliphatic carbocycles. The fraction of sp³-hybridized carbons (Fsp3) is 1.00. The molecule has 0 saturated heterocycles. The molecule has 0 radical (unpaired) electrons. The number of rotatable bonds is 9. The highest BCUT2D eigenvalue weighted by atomic mass is 35.7. The van der Waals surface area contributed by atoms with Gasteiger partial charge in [-0.2, -0.15) is 0 Å². The van der Waals surface area contributed by atoms with Crippen LogP contribution in [0.2, 0.25) is 0 Å². The van der Waals surface area contributed by atoms with E-state index in [1.807, 2.05) is 6.92 Å². The zero-order chi connectivity index (χ0) is 12.0. The first-order chi connectivity index (χ1) is 7.53. The zero-order valence-corrected chi connectivity index (χ0v) is 11.1. The van der Waals surface area contributed by atoms with E-state index in [0.717, 1.165) is 12.8 Å². The molecule has 0 heterocycles. The maximum Gasteiger partial charge on any atom is 0.232 e. The standard InChI is InChI=1S/C10H19ClO4S/c1-2-14-5-6-15-7-10(9-3-4-9)8-16(11,12)13/h9-10H,2-8H2,1H3. The van der Waals surface area contributed by atoms with Gasteiger partial charge in [0.1, 0.15) is 0 Å². The summed E-state index contributed by atoms with van der Waals surface area (Å²) in [5.41, 5.74) is 0. The van der Waals surface area contributed by atoms with Crippen molar-refractivity contribution in [3.8, 4) is 0 Å². The fourth-order valence-corrected chi connectivity index (χ4v) is 3.01. The van der Waals surface area contributed by atoms with Crippen molar-refractivity contribution >= 4 is 19.7 Å². The van der Waals surface area contributed by atoms with Crippen LogP contribution in [0.15, 0.2) is 0 Å². The van der Waals surface area contributed by atoms with Crippen molar-refractivity contribution < 1.29 is 17.9 Å². The third kappa shape index (κ3) is 6.68. The van der Waals surface area contributed by atoms with E-state index >= 15 is 0 Å². The summed E-state index contributed by atoms with van der Waals surface area (Å²) in [5.74, 6) is 0.540. The molecule has 4 nitrogen and oxygen atoms in total. The highest BCUT2D eigenvalue weighted by molar-refractivity contribution is 8.13. The van der Waals surface area contributed by atoms with Gasteiger partial charge in [-0.3, -0.25) is 0 Å². The van der Waals surface area contributed by atoms with Gasteiger partial charge in [-0.1, -0.05) is 0 Å². The lowest BCUT2D eigenvalue weighted by Gasteiger charge is -2.14. The summed E-state index contributed by atoms with van der Waals surface area (Å²) in [4.78, 5) is 0. The van der Waals surface area contributed by atoms with Gasteiger partial charge in [0.05, 0.1) is 25.6 Å². The van der Waals surface area contributed by atoms with Crippen molar-refractivity contribution in [2.24, 2.45) is 11.8 Å². The molecule has 0 spiro atoms. The molecule has 16 heavy (non-hydrogen) atoms. The molecular formula is C10H19ClO4S. The van der Waals surface area contributed by atoms with Crippen molar-refractivity contribution in [2.75, 3.05) is 32.2 Å². The van der Waals surface area contributed by atoms with Crippen LogP contribution in [0.25, 0.3) is 0 Å². The van der Waals surface area contributed by atoms with Crippen LogP contribution in [0, 0.1) is 11.8 Å². The molecule has 0 aliphatic heterocycles. The molecule has 0 bridgehead atoms. The molecule has 6 heteroatoms. The molecule has 0 amide bonds. The molecular weight excluding hydrogens is 252 g/mol. The van der Waals surface area contributed by atoms with Crippen LogP contribution in [-0.2, 0) is 18.5 Å². The summed E-state index contributed by atoms with van der Waals surface area (Å²) in [6.07, 6.45) is 2.18. The summed E-state index contributed by atoms with van der Waals surface area (Å²) >= 11 is 0. The van der Waals surface area contributed by atoms with E-state index in [1.54, 1.807) is 0 Å². The summed E-state index contributed by atoms with van der Waals surface area (Å²) in [5, 5.41) is 0. The van der Waals surface area contributed by atoms with Gasteiger partial charge in [-0.15, -0.1) is 0 Å². The Morgan fingerprint density at radius 1 is 1.31 bits per heavy atom. The summed E-state index contributed by atoms with van der Waals surface area (Å²) < 4.78 is 32.5. The van der Waals surface area contributed by atoms with Crippen LogP contribution in [0.1, 0.15) is 19.8 Å². The van der Waals surface area contributed by atoms with Gasteiger partial charge in [0, 0.05) is 23.2 Å². The van der Waals surface area contributed by atoms with Gasteiger partial charge in [-0.25, -0.2) is 8.42 Å². The Kier molecular flexibility index (Phi) is 6.03. The van der Waals surface area contributed by atoms with E-state index in [4.69, 9.17) is 20.2 Å². The summed E-state index contributed by atoms with van der Waals surface area (Å²) in [6, 6.07) is 0. The Hall–Kier alpha value is 0.160. The van der Waals surface area contributed by atoms with Crippen LogP contribution >= 0.6 is 10.7 Å². The third-order valence-corrected chi connectivity index (χ3v) is 3.81. The highest BCUT2D eigenvalue weighted by Gasteiger charge is 2.33. The molecule has 1 atom stereocenters. The Morgan fingerprint density at radius 3 is 2.44 bits per heavy atom. The minimum Gasteiger partial charge on any atom is -0.379 e. The van der Waals surface area contributed by atoms with Gasteiger partial charge < -0.3 is 9.47 Å². The van der Waals surface area contributed by atoms with E-state index < -0.39 is 9.05 Å².